The van der Waals surface area contributed by atoms with E-state index in [0.29, 0.717) is 24.3 Å². The lowest BCUT2D eigenvalue weighted by atomic mass is 10.0. The summed E-state index contributed by atoms with van der Waals surface area (Å²) in [5.41, 5.74) is 3.27. The summed E-state index contributed by atoms with van der Waals surface area (Å²) in [6, 6.07) is 17.2. The molecule has 0 aliphatic carbocycles. The number of sulfone groups is 1. The van der Waals surface area contributed by atoms with E-state index in [2.05, 4.69) is 4.98 Å². The number of aryl methyl sites for hydroxylation is 3. The van der Waals surface area contributed by atoms with Gasteiger partial charge in [-0.3, -0.25) is 9.36 Å². The van der Waals surface area contributed by atoms with E-state index >= 15 is 0 Å². The molecule has 9 heteroatoms. The number of ether oxygens (including phenoxy) is 2. The summed E-state index contributed by atoms with van der Waals surface area (Å²) < 4.78 is 39.8. The van der Waals surface area contributed by atoms with Gasteiger partial charge in [-0.15, -0.1) is 0 Å². The normalized spacial score (nSPS) is 11.4. The van der Waals surface area contributed by atoms with Crippen molar-refractivity contribution in [3.63, 3.8) is 0 Å². The molecule has 0 fully saturated rings. The Morgan fingerprint density at radius 2 is 1.51 bits per heavy atom. The van der Waals surface area contributed by atoms with E-state index in [4.69, 9.17) is 9.47 Å². The molecule has 0 spiro atoms. The van der Waals surface area contributed by atoms with Crippen LogP contribution in [0.2, 0.25) is 0 Å². The van der Waals surface area contributed by atoms with E-state index in [0.717, 1.165) is 28.7 Å². The van der Waals surface area contributed by atoms with Crippen molar-refractivity contribution in [3.8, 4) is 34.2 Å². The molecule has 1 aromatic heterocycles. The fraction of sp³-hybridized carbons (Fsp3) is 0.267. The Labute approximate surface area is 228 Å². The van der Waals surface area contributed by atoms with Crippen LogP contribution in [0.15, 0.2) is 75.2 Å². The van der Waals surface area contributed by atoms with Gasteiger partial charge >= 0.3 is 0 Å². The maximum atomic E-state index is 13.8. The van der Waals surface area contributed by atoms with Crippen molar-refractivity contribution in [1.29, 1.82) is 0 Å². The molecule has 0 bridgehead atoms. The Balaban J connectivity index is 1.91. The Morgan fingerprint density at radius 1 is 0.897 bits per heavy atom. The first-order valence-electron chi connectivity index (χ1n) is 12.6. The number of rotatable bonds is 9. The van der Waals surface area contributed by atoms with Gasteiger partial charge in [0.25, 0.3) is 5.56 Å². The first-order chi connectivity index (χ1) is 18.6. The minimum atomic E-state index is -4.45. The largest absolute Gasteiger partial charge is 0.494 e. The quantitative estimate of drug-likeness (QED) is 0.298. The second-order valence-electron chi connectivity index (χ2n) is 9.26. The molecule has 0 aliphatic heterocycles. The average molecular weight is 549 g/mol. The van der Waals surface area contributed by atoms with Gasteiger partial charge in [-0.25, -0.2) is 8.42 Å². The average Bonchev–Trinajstić information content (AvgIpc) is 2.93. The van der Waals surface area contributed by atoms with Gasteiger partial charge in [-0.05, 0) is 66.8 Å². The zero-order valence-electron chi connectivity index (χ0n) is 22.7. The summed E-state index contributed by atoms with van der Waals surface area (Å²) in [6.07, 6.45) is 1.79. The van der Waals surface area contributed by atoms with Crippen LogP contribution in [0, 0.1) is 13.8 Å². The summed E-state index contributed by atoms with van der Waals surface area (Å²) in [4.78, 5) is 16.4. The molecule has 4 aromatic rings. The lowest BCUT2D eigenvalue weighted by molar-refractivity contribution is 0.374. The number of hydrogen-bond acceptors (Lipinski definition) is 7. The van der Waals surface area contributed by atoms with Gasteiger partial charge in [0.2, 0.25) is 15.7 Å². The molecule has 0 saturated heterocycles. The first kappa shape index (κ1) is 27.9. The van der Waals surface area contributed by atoms with Crippen molar-refractivity contribution >= 4 is 9.84 Å². The van der Waals surface area contributed by atoms with E-state index < -0.39 is 26.2 Å². The van der Waals surface area contributed by atoms with E-state index in [1.165, 1.54) is 30.9 Å². The van der Waals surface area contributed by atoms with Crippen LogP contribution in [0.1, 0.15) is 36.7 Å². The summed E-state index contributed by atoms with van der Waals surface area (Å²) in [5, 5.41) is 11.5. The second kappa shape index (κ2) is 11.3. The number of unbranched alkanes of at least 4 members (excludes halogenated alkanes) is 1. The Kier molecular flexibility index (Phi) is 8.11. The molecular weight excluding hydrogens is 516 g/mol. The number of para-hydroxylation sites is 1. The monoisotopic (exact) mass is 548 g/mol. The highest BCUT2D eigenvalue weighted by atomic mass is 32.2. The number of benzene rings is 3. The lowest BCUT2D eigenvalue weighted by Crippen LogP contribution is -2.25. The molecular formula is C30H32N2O6S. The molecule has 1 N–H and O–H groups in total. The predicted octanol–water partition coefficient (Wildman–Crippen LogP) is 5.41. The Morgan fingerprint density at radius 3 is 2.08 bits per heavy atom. The molecule has 4 rings (SSSR count). The number of aromatic nitrogens is 2. The van der Waals surface area contributed by atoms with Crippen molar-refractivity contribution in [3.05, 3.63) is 88.0 Å². The van der Waals surface area contributed by atoms with Gasteiger partial charge in [-0.2, -0.15) is 4.98 Å². The van der Waals surface area contributed by atoms with Crippen molar-refractivity contribution in [2.75, 3.05) is 14.2 Å². The van der Waals surface area contributed by atoms with Crippen molar-refractivity contribution in [2.45, 2.75) is 49.8 Å². The standard InChI is InChI=1S/C30H32N2O6S/c1-6-7-11-26-31-29(33)28(30(34)32(26)27-24(37-4)9-8-10-25(27)38-5)39(35,36)23-16-14-21(15-17-23)22-13-12-19(2)20(3)18-22/h8-10,12-18,34H,6-7,11H2,1-5H3. The van der Waals surface area contributed by atoms with Crippen LogP contribution >= 0.6 is 0 Å². The molecule has 0 amide bonds. The van der Waals surface area contributed by atoms with Crippen LogP contribution in [0.4, 0.5) is 0 Å². The lowest BCUT2D eigenvalue weighted by Gasteiger charge is -2.21. The van der Waals surface area contributed by atoms with E-state index in [1.54, 1.807) is 30.3 Å². The molecule has 204 valence electrons. The zero-order chi connectivity index (χ0) is 28.3. The van der Waals surface area contributed by atoms with Gasteiger partial charge in [0.15, 0.2) is 4.90 Å². The number of nitrogens with zero attached hydrogens (tertiary/aromatic N) is 2. The van der Waals surface area contributed by atoms with Crippen molar-refractivity contribution in [1.82, 2.24) is 9.55 Å². The summed E-state index contributed by atoms with van der Waals surface area (Å²) >= 11 is 0. The summed E-state index contributed by atoms with van der Waals surface area (Å²) in [7, 11) is -1.55. The Bertz CT molecular complexity index is 1650. The maximum Gasteiger partial charge on any atom is 0.296 e. The topological polar surface area (TPSA) is 108 Å². The highest BCUT2D eigenvalue weighted by Crippen LogP contribution is 2.38. The van der Waals surface area contributed by atoms with Gasteiger partial charge in [0.1, 0.15) is 23.0 Å². The van der Waals surface area contributed by atoms with Gasteiger partial charge in [0.05, 0.1) is 19.1 Å². The zero-order valence-corrected chi connectivity index (χ0v) is 23.5. The van der Waals surface area contributed by atoms with Gasteiger partial charge in [-0.1, -0.05) is 49.7 Å². The highest BCUT2D eigenvalue weighted by molar-refractivity contribution is 7.91. The smallest absolute Gasteiger partial charge is 0.296 e. The fourth-order valence-electron chi connectivity index (χ4n) is 4.43. The van der Waals surface area contributed by atoms with Crippen LogP contribution in [0.3, 0.4) is 0 Å². The number of hydrogen-bond donors (Lipinski definition) is 1. The third-order valence-corrected chi connectivity index (χ3v) is 8.54. The Hall–Kier alpha value is -4.11. The van der Waals surface area contributed by atoms with Crippen LogP contribution in [-0.2, 0) is 16.3 Å². The van der Waals surface area contributed by atoms with Gasteiger partial charge < -0.3 is 14.6 Å². The van der Waals surface area contributed by atoms with Crippen LogP contribution in [0.5, 0.6) is 17.4 Å². The third kappa shape index (κ3) is 5.27. The molecule has 1 heterocycles. The van der Waals surface area contributed by atoms with E-state index in [1.807, 2.05) is 39.0 Å². The van der Waals surface area contributed by atoms with Gasteiger partial charge in [0, 0.05) is 6.42 Å². The summed E-state index contributed by atoms with van der Waals surface area (Å²) in [5.74, 6) is 0.0798. The second-order valence-corrected chi connectivity index (χ2v) is 11.1. The molecule has 0 saturated carbocycles. The molecule has 0 radical (unpaired) electrons. The van der Waals surface area contributed by atoms with E-state index in [-0.39, 0.29) is 16.4 Å². The van der Waals surface area contributed by atoms with E-state index in [9.17, 15) is 18.3 Å². The minimum absolute atomic E-state index is 0.135. The molecule has 3 aromatic carbocycles. The maximum absolute atomic E-state index is 13.8. The molecule has 0 atom stereocenters. The van der Waals surface area contributed by atoms with Crippen LogP contribution in [0.25, 0.3) is 16.8 Å². The third-order valence-electron chi connectivity index (χ3n) is 6.75. The van der Waals surface area contributed by atoms with Crippen molar-refractivity contribution in [2.24, 2.45) is 0 Å². The number of methoxy groups -OCH3 is 2. The summed E-state index contributed by atoms with van der Waals surface area (Å²) in [6.45, 7) is 6.02. The van der Waals surface area contributed by atoms with Crippen LogP contribution < -0.4 is 15.0 Å². The SMILES string of the molecule is CCCCc1nc(=O)c(S(=O)(=O)c2ccc(-c3ccc(C)c(C)c3)cc2)c(O)n1-c1c(OC)cccc1OC. The molecule has 8 nitrogen and oxygen atoms in total. The fourth-order valence-corrected chi connectivity index (χ4v) is 5.76. The van der Waals surface area contributed by atoms with Crippen molar-refractivity contribution < 1.29 is 23.0 Å². The predicted molar refractivity (Wildman–Crippen MR) is 150 cm³/mol. The number of aromatic hydroxyl groups is 1. The molecule has 0 aliphatic rings. The molecule has 39 heavy (non-hydrogen) atoms. The molecule has 0 unspecified atom stereocenters. The van der Waals surface area contributed by atoms with Crippen LogP contribution in [-0.4, -0.2) is 37.3 Å². The first-order valence-corrected chi connectivity index (χ1v) is 14.1. The minimum Gasteiger partial charge on any atom is -0.494 e. The highest BCUT2D eigenvalue weighted by Gasteiger charge is 2.31.